The van der Waals surface area contributed by atoms with E-state index in [1.165, 1.54) is 6.20 Å². The number of morpholine rings is 1. The van der Waals surface area contributed by atoms with Gasteiger partial charge >= 0.3 is 0 Å². The van der Waals surface area contributed by atoms with Crippen LogP contribution in [0.5, 0.6) is 0 Å². The lowest BCUT2D eigenvalue weighted by atomic mass is 10.1. The fourth-order valence-electron chi connectivity index (χ4n) is 4.01. The number of hydrogen-bond donors (Lipinski definition) is 3. The van der Waals surface area contributed by atoms with E-state index in [4.69, 9.17) is 4.74 Å². The molecular weight excluding hydrogens is 494 g/mol. The maximum absolute atomic E-state index is 12.7. The zero-order valence-corrected chi connectivity index (χ0v) is 20.7. The number of carbonyl (C=O) groups is 1. The largest absolute Gasteiger partial charge is 0.378 e. The molecule has 11 nitrogen and oxygen atoms in total. The number of pyridine rings is 1. The summed E-state index contributed by atoms with van der Waals surface area (Å²) in [6.45, 7) is 6.25. The average Bonchev–Trinajstić information content (AvgIpc) is 3.35. The van der Waals surface area contributed by atoms with E-state index in [2.05, 4.69) is 41.5 Å². The summed E-state index contributed by atoms with van der Waals surface area (Å²) in [7, 11) is -3.70. The number of benzene rings is 1. The summed E-state index contributed by atoms with van der Waals surface area (Å²) >= 11 is 0. The lowest BCUT2D eigenvalue weighted by Crippen LogP contribution is -2.36. The van der Waals surface area contributed by atoms with E-state index < -0.39 is 10.0 Å². The van der Waals surface area contributed by atoms with Crippen LogP contribution in [0.2, 0.25) is 0 Å². The van der Waals surface area contributed by atoms with Gasteiger partial charge in [-0.2, -0.15) is 0 Å². The van der Waals surface area contributed by atoms with Gasteiger partial charge in [-0.3, -0.25) is 14.5 Å². The normalized spacial score (nSPS) is 13.9. The third-order valence-electron chi connectivity index (χ3n) is 5.80. The second kappa shape index (κ2) is 10.4. The molecule has 0 aliphatic carbocycles. The summed E-state index contributed by atoms with van der Waals surface area (Å²) in [6.07, 6.45) is 4.09. The number of carbonyl (C=O) groups excluding carboxylic acids is 1. The molecule has 3 N–H and O–H groups in total. The molecule has 1 aliphatic rings. The Balaban J connectivity index is 1.28. The third kappa shape index (κ3) is 5.76. The highest BCUT2D eigenvalue weighted by Crippen LogP contribution is 2.30. The summed E-state index contributed by atoms with van der Waals surface area (Å²) in [6, 6.07) is 12.2. The average molecular weight is 520 g/mol. The van der Waals surface area contributed by atoms with Gasteiger partial charge in [-0.25, -0.2) is 18.4 Å². The van der Waals surface area contributed by atoms with Crippen LogP contribution in [0.1, 0.15) is 5.69 Å². The Morgan fingerprint density at radius 3 is 2.54 bits per heavy atom. The molecule has 0 atom stereocenters. The van der Waals surface area contributed by atoms with Crippen LogP contribution in [0.3, 0.4) is 0 Å². The number of amides is 1. The van der Waals surface area contributed by atoms with Gasteiger partial charge in [0, 0.05) is 24.5 Å². The molecule has 0 radical (unpaired) electrons. The number of aromatic nitrogens is 4. The van der Waals surface area contributed by atoms with E-state index in [1.807, 2.05) is 18.2 Å². The van der Waals surface area contributed by atoms with E-state index >= 15 is 0 Å². The molecule has 1 aromatic carbocycles. The van der Waals surface area contributed by atoms with Crippen LogP contribution < -0.4 is 14.9 Å². The molecule has 1 aliphatic heterocycles. The van der Waals surface area contributed by atoms with Crippen molar-refractivity contribution in [3.63, 3.8) is 0 Å². The number of H-pyrrole nitrogens is 1. The highest BCUT2D eigenvalue weighted by Gasteiger charge is 2.18. The van der Waals surface area contributed by atoms with Crippen molar-refractivity contribution in [2.45, 2.75) is 5.75 Å². The fourth-order valence-corrected chi connectivity index (χ4v) is 5.14. The van der Waals surface area contributed by atoms with E-state index in [9.17, 15) is 13.2 Å². The zero-order valence-electron chi connectivity index (χ0n) is 19.8. The number of hydrogen-bond acceptors (Lipinski definition) is 8. The lowest BCUT2D eigenvalue weighted by Gasteiger charge is -2.27. The third-order valence-corrected chi connectivity index (χ3v) is 7.02. The molecule has 1 saturated heterocycles. The molecule has 0 bridgehead atoms. The fraction of sp³-hybridized carbons (Fsp3) is 0.200. The van der Waals surface area contributed by atoms with Crippen LogP contribution in [0.4, 0.5) is 17.2 Å². The van der Waals surface area contributed by atoms with E-state index in [0.717, 1.165) is 47.3 Å². The van der Waals surface area contributed by atoms with Crippen molar-refractivity contribution in [1.29, 1.82) is 0 Å². The minimum atomic E-state index is -3.70. The maximum Gasteiger partial charge on any atom is 0.247 e. The van der Waals surface area contributed by atoms with E-state index in [1.54, 1.807) is 30.6 Å². The topological polar surface area (TPSA) is 142 Å². The van der Waals surface area contributed by atoms with Crippen molar-refractivity contribution < 1.29 is 17.9 Å². The van der Waals surface area contributed by atoms with E-state index in [-0.39, 0.29) is 11.7 Å². The summed E-state index contributed by atoms with van der Waals surface area (Å²) in [5, 5.41) is 3.49. The first kappa shape index (κ1) is 24.4. The summed E-state index contributed by atoms with van der Waals surface area (Å²) < 4.78 is 33.4. The van der Waals surface area contributed by atoms with E-state index in [0.29, 0.717) is 30.3 Å². The number of aromatic amines is 1. The lowest BCUT2D eigenvalue weighted by molar-refractivity contribution is -0.111. The summed E-state index contributed by atoms with van der Waals surface area (Å²) in [5.74, 6) is 0.185. The molecule has 5 rings (SSSR count). The first-order chi connectivity index (χ1) is 17.9. The molecule has 1 fully saturated rings. The second-order valence-corrected chi connectivity index (χ2v) is 10.1. The molecule has 3 aromatic heterocycles. The second-order valence-electron chi connectivity index (χ2n) is 8.41. The van der Waals surface area contributed by atoms with Gasteiger partial charge in [-0.1, -0.05) is 18.7 Å². The highest BCUT2D eigenvalue weighted by atomic mass is 32.2. The number of nitrogens with zero attached hydrogens (tertiary/aromatic N) is 4. The molecule has 4 heterocycles. The minimum absolute atomic E-state index is 0.310. The van der Waals surface area contributed by atoms with Gasteiger partial charge in [0.1, 0.15) is 23.5 Å². The number of rotatable bonds is 8. The first-order valence-corrected chi connectivity index (χ1v) is 13.2. The van der Waals surface area contributed by atoms with Crippen LogP contribution in [0, 0.1) is 0 Å². The van der Waals surface area contributed by atoms with Gasteiger partial charge in [0.2, 0.25) is 15.9 Å². The predicted octanol–water partition coefficient (Wildman–Crippen LogP) is 2.92. The van der Waals surface area contributed by atoms with Gasteiger partial charge in [-0.05, 0) is 42.0 Å². The Hall–Kier alpha value is -4.29. The Bertz CT molecular complexity index is 1530. The van der Waals surface area contributed by atoms with Gasteiger partial charge in [0.15, 0.2) is 0 Å². The Morgan fingerprint density at radius 1 is 1.08 bits per heavy atom. The van der Waals surface area contributed by atoms with Gasteiger partial charge in [-0.15, -0.1) is 0 Å². The quantitative estimate of drug-likeness (QED) is 0.302. The smallest absolute Gasteiger partial charge is 0.247 e. The summed E-state index contributed by atoms with van der Waals surface area (Å²) in [4.78, 5) is 29.8. The number of ether oxygens (including phenoxy) is 1. The number of nitrogens with one attached hydrogen (secondary N) is 3. The maximum atomic E-state index is 12.7. The SMILES string of the molecule is C=CC(=O)Nc1ccc(CS(=O)(=O)Nc2ccc(-c3cc4c(N5CCOCC5)ncnc4[nH]3)cc2)nc1. The molecule has 4 aromatic rings. The number of anilines is 3. The van der Waals surface area contributed by atoms with Crippen molar-refractivity contribution in [2.24, 2.45) is 0 Å². The predicted molar refractivity (Wildman–Crippen MR) is 142 cm³/mol. The summed E-state index contributed by atoms with van der Waals surface area (Å²) in [5.41, 5.74) is 3.70. The number of fused-ring (bicyclic) bond motifs is 1. The Labute approximate surface area is 213 Å². The van der Waals surface area contributed by atoms with Gasteiger partial charge in [0.05, 0.1) is 36.2 Å². The molecule has 37 heavy (non-hydrogen) atoms. The highest BCUT2D eigenvalue weighted by molar-refractivity contribution is 7.91. The molecule has 0 saturated carbocycles. The van der Waals surface area contributed by atoms with Gasteiger partial charge < -0.3 is 19.9 Å². The first-order valence-electron chi connectivity index (χ1n) is 11.6. The molecule has 190 valence electrons. The molecule has 12 heteroatoms. The van der Waals surface area contributed by atoms with Crippen LogP contribution in [0.15, 0.2) is 67.6 Å². The zero-order chi connectivity index (χ0) is 25.8. The van der Waals surface area contributed by atoms with Crippen LogP contribution in [0.25, 0.3) is 22.3 Å². The molecule has 1 amide bonds. The van der Waals surface area contributed by atoms with Crippen molar-refractivity contribution >= 4 is 44.2 Å². The van der Waals surface area contributed by atoms with Crippen molar-refractivity contribution in [3.05, 3.63) is 73.3 Å². The Morgan fingerprint density at radius 2 is 1.84 bits per heavy atom. The van der Waals surface area contributed by atoms with Crippen molar-refractivity contribution in [3.8, 4) is 11.3 Å². The monoisotopic (exact) mass is 519 g/mol. The molecule has 0 spiro atoms. The molecular formula is C25H25N7O4S. The molecule has 0 unspecified atom stereocenters. The van der Waals surface area contributed by atoms with Crippen LogP contribution in [-0.2, 0) is 25.3 Å². The number of sulfonamides is 1. The standard InChI is InChI=1S/C25H25N7O4S/c1-2-23(33)29-19-7-8-20(26-14-19)15-37(34,35)31-18-5-3-17(4-6-18)22-13-21-24(30-22)27-16-28-25(21)32-9-11-36-12-10-32/h2-8,13-14,16,31H,1,9-12,15H2,(H,29,33)(H,27,28,30). The van der Waals surface area contributed by atoms with Crippen molar-refractivity contribution in [2.75, 3.05) is 41.2 Å². The van der Waals surface area contributed by atoms with Crippen LogP contribution in [-0.4, -0.2) is 60.6 Å². The van der Waals surface area contributed by atoms with Gasteiger partial charge in [0.25, 0.3) is 0 Å². The van der Waals surface area contributed by atoms with Crippen molar-refractivity contribution in [1.82, 2.24) is 19.9 Å². The minimum Gasteiger partial charge on any atom is -0.378 e. The van der Waals surface area contributed by atoms with Crippen LogP contribution >= 0.6 is 0 Å². The Kier molecular flexibility index (Phi) is 6.84.